The van der Waals surface area contributed by atoms with Gasteiger partial charge in [-0.1, -0.05) is 0 Å². The number of hydrogen-bond acceptors (Lipinski definition) is 4. The SMILES string of the molecule is CCn1c(=O)n([C@@H]2CCN(C(=O)C3CCN(C)CC3)C2)c2ncccc21. The maximum Gasteiger partial charge on any atom is 0.330 e. The predicted octanol–water partition coefficient (Wildman–Crippen LogP) is 1.33. The predicted molar refractivity (Wildman–Crippen MR) is 100 cm³/mol. The van der Waals surface area contributed by atoms with Crippen molar-refractivity contribution in [2.45, 2.75) is 38.8 Å². The largest absolute Gasteiger partial charge is 0.340 e. The van der Waals surface area contributed by atoms with Crippen LogP contribution in [0.1, 0.15) is 32.2 Å². The zero-order valence-corrected chi connectivity index (χ0v) is 15.6. The molecule has 0 radical (unpaired) electrons. The van der Waals surface area contributed by atoms with Crippen molar-refractivity contribution >= 4 is 17.1 Å². The van der Waals surface area contributed by atoms with Gasteiger partial charge in [0.05, 0.1) is 11.6 Å². The zero-order valence-electron chi connectivity index (χ0n) is 15.6. The van der Waals surface area contributed by atoms with E-state index in [1.54, 1.807) is 15.3 Å². The van der Waals surface area contributed by atoms with Crippen molar-refractivity contribution in [3.8, 4) is 0 Å². The third-order valence-corrected chi connectivity index (χ3v) is 5.95. The summed E-state index contributed by atoms with van der Waals surface area (Å²) >= 11 is 0. The van der Waals surface area contributed by atoms with Gasteiger partial charge in [0.1, 0.15) is 0 Å². The van der Waals surface area contributed by atoms with Crippen molar-refractivity contribution in [1.29, 1.82) is 0 Å². The summed E-state index contributed by atoms with van der Waals surface area (Å²) in [5, 5.41) is 0. The molecular formula is C19H27N5O2. The first-order valence-corrected chi connectivity index (χ1v) is 9.63. The number of fused-ring (bicyclic) bond motifs is 1. The number of carbonyl (C=O) groups is 1. The first kappa shape index (κ1) is 17.3. The Hall–Kier alpha value is -2.15. The molecule has 0 aromatic carbocycles. The lowest BCUT2D eigenvalue weighted by Crippen LogP contribution is -2.41. The molecule has 2 saturated heterocycles. The Bertz CT molecular complexity index is 862. The van der Waals surface area contributed by atoms with Gasteiger partial charge in [-0.2, -0.15) is 0 Å². The van der Waals surface area contributed by atoms with E-state index in [0.717, 1.165) is 50.1 Å². The van der Waals surface area contributed by atoms with E-state index in [0.29, 0.717) is 13.1 Å². The lowest BCUT2D eigenvalue weighted by atomic mass is 9.96. The highest BCUT2D eigenvalue weighted by atomic mass is 16.2. The molecule has 2 fully saturated rings. The number of nitrogens with zero attached hydrogens (tertiary/aromatic N) is 5. The fraction of sp³-hybridized carbons (Fsp3) is 0.632. The van der Waals surface area contributed by atoms with Crippen molar-refractivity contribution in [3.63, 3.8) is 0 Å². The average Bonchev–Trinajstić information content (AvgIpc) is 3.23. The number of likely N-dealkylation sites (tertiary alicyclic amines) is 2. The minimum atomic E-state index is -0.0141. The van der Waals surface area contributed by atoms with Gasteiger partial charge in [-0.3, -0.25) is 13.9 Å². The summed E-state index contributed by atoms with van der Waals surface area (Å²) in [7, 11) is 2.11. The Labute approximate surface area is 153 Å². The van der Waals surface area contributed by atoms with E-state index in [2.05, 4.69) is 16.9 Å². The molecule has 0 spiro atoms. The van der Waals surface area contributed by atoms with E-state index in [9.17, 15) is 9.59 Å². The number of carbonyl (C=O) groups excluding carboxylic acids is 1. The third kappa shape index (κ3) is 2.84. The molecule has 26 heavy (non-hydrogen) atoms. The summed E-state index contributed by atoms with van der Waals surface area (Å²) in [5.41, 5.74) is 1.60. The highest BCUT2D eigenvalue weighted by Crippen LogP contribution is 2.27. The molecule has 1 amide bonds. The molecule has 2 aliphatic rings. The number of aryl methyl sites for hydroxylation is 1. The first-order chi connectivity index (χ1) is 12.6. The average molecular weight is 357 g/mol. The van der Waals surface area contributed by atoms with Gasteiger partial charge in [0.25, 0.3) is 0 Å². The van der Waals surface area contributed by atoms with Gasteiger partial charge >= 0.3 is 5.69 Å². The molecule has 0 bridgehead atoms. The van der Waals surface area contributed by atoms with Crippen LogP contribution in [0.3, 0.4) is 0 Å². The van der Waals surface area contributed by atoms with Gasteiger partial charge in [0.2, 0.25) is 5.91 Å². The summed E-state index contributed by atoms with van der Waals surface area (Å²) in [5.74, 6) is 0.401. The lowest BCUT2D eigenvalue weighted by Gasteiger charge is -2.30. The van der Waals surface area contributed by atoms with Gasteiger partial charge < -0.3 is 9.80 Å². The second kappa shape index (κ2) is 6.87. The van der Waals surface area contributed by atoms with E-state index < -0.39 is 0 Å². The van der Waals surface area contributed by atoms with Crippen LogP contribution < -0.4 is 5.69 Å². The molecule has 1 atom stereocenters. The van der Waals surface area contributed by atoms with Crippen LogP contribution >= 0.6 is 0 Å². The molecule has 0 saturated carbocycles. The van der Waals surface area contributed by atoms with E-state index in [1.807, 2.05) is 24.0 Å². The van der Waals surface area contributed by atoms with Crippen LogP contribution in [0.15, 0.2) is 23.1 Å². The van der Waals surface area contributed by atoms with E-state index >= 15 is 0 Å². The van der Waals surface area contributed by atoms with Crippen LogP contribution in [0.2, 0.25) is 0 Å². The highest BCUT2D eigenvalue weighted by Gasteiger charge is 2.34. The molecule has 7 nitrogen and oxygen atoms in total. The van der Waals surface area contributed by atoms with Gasteiger partial charge in [0, 0.05) is 31.7 Å². The Kier molecular flexibility index (Phi) is 4.56. The molecule has 7 heteroatoms. The fourth-order valence-electron chi connectivity index (χ4n) is 4.41. The number of imidazole rings is 1. The van der Waals surface area contributed by atoms with E-state index in [1.165, 1.54) is 0 Å². The summed E-state index contributed by atoms with van der Waals surface area (Å²) in [6.45, 7) is 5.92. The second-order valence-corrected chi connectivity index (χ2v) is 7.55. The number of aromatic nitrogens is 3. The quantitative estimate of drug-likeness (QED) is 0.831. The number of piperidine rings is 1. The van der Waals surface area contributed by atoms with Crippen molar-refractivity contribution in [2.75, 3.05) is 33.2 Å². The van der Waals surface area contributed by atoms with Crippen LogP contribution in [-0.4, -0.2) is 63.1 Å². The smallest absolute Gasteiger partial charge is 0.330 e. The van der Waals surface area contributed by atoms with Crippen molar-refractivity contribution in [2.24, 2.45) is 5.92 Å². The summed E-state index contributed by atoms with van der Waals surface area (Å²) in [4.78, 5) is 34.5. The van der Waals surface area contributed by atoms with Crippen LogP contribution in [0.4, 0.5) is 0 Å². The number of hydrogen-bond donors (Lipinski definition) is 0. The summed E-state index contributed by atoms with van der Waals surface area (Å²) in [6, 6.07) is 3.83. The molecule has 2 aromatic rings. The molecule has 0 unspecified atom stereocenters. The number of pyridine rings is 1. The van der Waals surface area contributed by atoms with E-state index in [4.69, 9.17) is 0 Å². The van der Waals surface area contributed by atoms with Gasteiger partial charge in [-0.25, -0.2) is 9.78 Å². The molecule has 4 heterocycles. The maximum atomic E-state index is 12.9. The minimum absolute atomic E-state index is 0.0141. The molecule has 2 aliphatic heterocycles. The minimum Gasteiger partial charge on any atom is -0.340 e. The van der Waals surface area contributed by atoms with Crippen LogP contribution in [0.25, 0.3) is 11.2 Å². The summed E-state index contributed by atoms with van der Waals surface area (Å²) < 4.78 is 3.57. The fourth-order valence-corrected chi connectivity index (χ4v) is 4.41. The molecule has 2 aromatic heterocycles. The van der Waals surface area contributed by atoms with Crippen LogP contribution in [0.5, 0.6) is 0 Å². The van der Waals surface area contributed by atoms with Crippen molar-refractivity contribution < 1.29 is 4.79 Å². The van der Waals surface area contributed by atoms with Gasteiger partial charge in [-0.05, 0) is 58.5 Å². The highest BCUT2D eigenvalue weighted by molar-refractivity contribution is 5.79. The summed E-state index contributed by atoms with van der Waals surface area (Å²) in [6.07, 6.45) is 4.42. The monoisotopic (exact) mass is 357 g/mol. The van der Waals surface area contributed by atoms with Crippen LogP contribution in [-0.2, 0) is 11.3 Å². The van der Waals surface area contributed by atoms with Crippen LogP contribution in [0, 0.1) is 5.92 Å². The van der Waals surface area contributed by atoms with Gasteiger partial charge in [0.15, 0.2) is 5.65 Å². The lowest BCUT2D eigenvalue weighted by molar-refractivity contribution is -0.136. The van der Waals surface area contributed by atoms with Crippen molar-refractivity contribution in [1.82, 2.24) is 23.9 Å². The number of amides is 1. The number of rotatable bonds is 3. The Balaban J connectivity index is 1.56. The maximum absolute atomic E-state index is 12.9. The molecule has 140 valence electrons. The second-order valence-electron chi connectivity index (χ2n) is 7.55. The zero-order chi connectivity index (χ0) is 18.3. The molecule has 4 rings (SSSR count). The molecule has 0 aliphatic carbocycles. The topological polar surface area (TPSA) is 63.4 Å². The third-order valence-electron chi connectivity index (χ3n) is 5.95. The standard InChI is InChI=1S/C19H27N5O2/c1-3-23-16-5-4-9-20-17(16)24(19(23)26)15-8-12-22(13-15)18(25)14-6-10-21(2)11-7-14/h4-5,9,14-15H,3,6-8,10-13H2,1-2H3/t15-/m1/s1. The first-order valence-electron chi connectivity index (χ1n) is 9.63. The van der Waals surface area contributed by atoms with E-state index in [-0.39, 0.29) is 23.6 Å². The Morgan fingerprint density at radius 2 is 2.00 bits per heavy atom. The van der Waals surface area contributed by atoms with Gasteiger partial charge in [-0.15, -0.1) is 0 Å². The Morgan fingerprint density at radius 1 is 1.23 bits per heavy atom. The molecular weight excluding hydrogens is 330 g/mol. The normalized spacial score (nSPS) is 22.4. The molecule has 0 N–H and O–H groups in total. The Morgan fingerprint density at radius 3 is 2.73 bits per heavy atom. The van der Waals surface area contributed by atoms with Crippen molar-refractivity contribution in [3.05, 3.63) is 28.8 Å².